The lowest BCUT2D eigenvalue weighted by atomic mass is 10.1. The van der Waals surface area contributed by atoms with Gasteiger partial charge in [-0.1, -0.05) is 47.5 Å². The minimum Gasteiger partial charge on any atom is -0.332 e. The molecule has 0 aliphatic carbocycles. The van der Waals surface area contributed by atoms with E-state index in [1.165, 1.54) is 11.1 Å². The normalized spacial score (nSPS) is 10.5. The van der Waals surface area contributed by atoms with Crippen LogP contribution in [-0.4, -0.2) is 14.9 Å². The molecule has 4 nitrogen and oxygen atoms in total. The number of benzene rings is 2. The van der Waals surface area contributed by atoms with Gasteiger partial charge in [0, 0.05) is 18.0 Å². The summed E-state index contributed by atoms with van der Waals surface area (Å²) in [6.45, 7) is 2.80. The predicted octanol–water partition coefficient (Wildman–Crippen LogP) is 5.36. The average molecular weight is 391 g/mol. The molecule has 0 amide bonds. The molecule has 7 heteroatoms. The van der Waals surface area contributed by atoms with E-state index >= 15 is 0 Å². The molecule has 128 valence electrons. The number of thiocarbonyl (C=S) groups is 1. The summed E-state index contributed by atoms with van der Waals surface area (Å²) in [6.07, 6.45) is 1.91. The zero-order valence-corrected chi connectivity index (χ0v) is 15.8. The highest BCUT2D eigenvalue weighted by Gasteiger charge is 2.05. The zero-order chi connectivity index (χ0) is 17.8. The number of rotatable bonds is 4. The van der Waals surface area contributed by atoms with Crippen molar-refractivity contribution in [1.82, 2.24) is 9.78 Å². The first kappa shape index (κ1) is 17.7. The number of halogens is 2. The monoisotopic (exact) mass is 390 g/mol. The van der Waals surface area contributed by atoms with Gasteiger partial charge >= 0.3 is 0 Å². The molecule has 1 aromatic heterocycles. The Hall–Kier alpha value is -2.08. The smallest absolute Gasteiger partial charge is 0.176 e. The number of nitrogens with zero attached hydrogens (tertiary/aromatic N) is 2. The molecule has 0 bridgehead atoms. The maximum absolute atomic E-state index is 6.00. The minimum atomic E-state index is 0.430. The summed E-state index contributed by atoms with van der Waals surface area (Å²) >= 11 is 17.2. The van der Waals surface area contributed by atoms with Crippen LogP contribution in [0.15, 0.2) is 54.7 Å². The van der Waals surface area contributed by atoms with Gasteiger partial charge in [-0.05, 0) is 48.5 Å². The fourth-order valence-corrected chi connectivity index (χ4v) is 2.85. The highest BCUT2D eigenvalue weighted by Crippen LogP contribution is 2.25. The van der Waals surface area contributed by atoms with Crippen molar-refractivity contribution in [3.63, 3.8) is 0 Å². The number of hydrogen-bond donors (Lipinski definition) is 2. The van der Waals surface area contributed by atoms with E-state index in [0.29, 0.717) is 27.5 Å². The highest BCUT2D eigenvalue weighted by molar-refractivity contribution is 7.80. The predicted molar refractivity (Wildman–Crippen MR) is 109 cm³/mol. The molecule has 0 aliphatic rings. The summed E-state index contributed by atoms with van der Waals surface area (Å²) in [5, 5.41) is 12.0. The molecule has 2 aromatic carbocycles. The Morgan fingerprint density at radius 2 is 1.88 bits per heavy atom. The van der Waals surface area contributed by atoms with Crippen LogP contribution in [-0.2, 0) is 6.54 Å². The molecule has 0 saturated heterocycles. The van der Waals surface area contributed by atoms with Crippen LogP contribution in [0.25, 0.3) is 0 Å². The van der Waals surface area contributed by atoms with Gasteiger partial charge in [-0.2, -0.15) is 5.10 Å². The fourth-order valence-electron chi connectivity index (χ4n) is 2.33. The number of hydrogen-bond acceptors (Lipinski definition) is 2. The van der Waals surface area contributed by atoms with Gasteiger partial charge < -0.3 is 10.6 Å². The first-order valence-electron chi connectivity index (χ1n) is 7.62. The van der Waals surface area contributed by atoms with Gasteiger partial charge in [-0.25, -0.2) is 0 Å². The van der Waals surface area contributed by atoms with Gasteiger partial charge in [0.2, 0.25) is 0 Å². The maximum atomic E-state index is 6.00. The fraction of sp³-hybridized carbons (Fsp3) is 0.111. The lowest BCUT2D eigenvalue weighted by Crippen LogP contribution is -2.19. The number of nitrogens with one attached hydrogen (secondary N) is 2. The van der Waals surface area contributed by atoms with Crippen molar-refractivity contribution in [2.75, 3.05) is 10.6 Å². The summed E-state index contributed by atoms with van der Waals surface area (Å²) < 4.78 is 1.87. The first-order valence-corrected chi connectivity index (χ1v) is 8.79. The minimum absolute atomic E-state index is 0.430. The average Bonchev–Trinajstić information content (AvgIpc) is 3.00. The summed E-state index contributed by atoms with van der Waals surface area (Å²) in [4.78, 5) is 0. The summed E-state index contributed by atoms with van der Waals surface area (Å²) in [5.74, 6) is 0.672. The van der Waals surface area contributed by atoms with Crippen LogP contribution < -0.4 is 10.6 Å². The Morgan fingerprint density at radius 1 is 1.08 bits per heavy atom. The van der Waals surface area contributed by atoms with Gasteiger partial charge in [-0.15, -0.1) is 0 Å². The first-order chi connectivity index (χ1) is 12.0. The largest absolute Gasteiger partial charge is 0.332 e. The number of anilines is 2. The van der Waals surface area contributed by atoms with Crippen molar-refractivity contribution in [2.24, 2.45) is 0 Å². The molecule has 0 spiro atoms. The molecule has 3 rings (SSSR count). The van der Waals surface area contributed by atoms with Crippen molar-refractivity contribution in [2.45, 2.75) is 13.5 Å². The van der Waals surface area contributed by atoms with Gasteiger partial charge in [0.25, 0.3) is 0 Å². The molecule has 25 heavy (non-hydrogen) atoms. The topological polar surface area (TPSA) is 41.9 Å². The van der Waals surface area contributed by atoms with E-state index in [1.54, 1.807) is 18.2 Å². The standard InChI is InChI=1S/C18H16Cl2N4S/c1-12-4-2-3-5-13(12)11-24-9-8-17(23-24)22-18(25)21-14-6-7-15(19)16(20)10-14/h2-10H,11H2,1H3,(H2,21,22,23,25). The van der Waals surface area contributed by atoms with Gasteiger partial charge in [0.15, 0.2) is 10.9 Å². The second kappa shape index (κ2) is 7.87. The summed E-state index contributed by atoms with van der Waals surface area (Å²) in [7, 11) is 0. The molecule has 3 aromatic rings. The Morgan fingerprint density at radius 3 is 2.64 bits per heavy atom. The van der Waals surface area contributed by atoms with Crippen LogP contribution in [0.5, 0.6) is 0 Å². The molecule has 0 unspecified atom stereocenters. The molecule has 0 atom stereocenters. The molecule has 2 N–H and O–H groups in total. The van der Waals surface area contributed by atoms with E-state index < -0.39 is 0 Å². The van der Waals surface area contributed by atoms with Crippen molar-refractivity contribution in [3.05, 3.63) is 75.9 Å². The van der Waals surface area contributed by atoms with Crippen LogP contribution in [0.1, 0.15) is 11.1 Å². The van der Waals surface area contributed by atoms with E-state index in [1.807, 2.05) is 29.1 Å². The summed E-state index contributed by atoms with van der Waals surface area (Å²) in [6, 6.07) is 15.4. The van der Waals surface area contributed by atoms with Crippen LogP contribution in [0, 0.1) is 6.92 Å². The van der Waals surface area contributed by atoms with Crippen LogP contribution in [0.4, 0.5) is 11.5 Å². The highest BCUT2D eigenvalue weighted by atomic mass is 35.5. The van der Waals surface area contributed by atoms with Crippen molar-refractivity contribution < 1.29 is 0 Å². The van der Waals surface area contributed by atoms with Crippen LogP contribution >= 0.6 is 35.4 Å². The third kappa shape index (κ3) is 4.72. The molecular weight excluding hydrogens is 375 g/mol. The second-order valence-corrected chi connectivity index (χ2v) is 6.76. The van der Waals surface area contributed by atoms with Crippen LogP contribution in [0.3, 0.4) is 0 Å². The molecule has 0 aliphatic heterocycles. The van der Waals surface area contributed by atoms with Crippen molar-refractivity contribution in [1.29, 1.82) is 0 Å². The van der Waals surface area contributed by atoms with E-state index in [-0.39, 0.29) is 0 Å². The third-order valence-corrected chi connectivity index (χ3v) is 4.60. The third-order valence-electron chi connectivity index (χ3n) is 3.65. The summed E-state index contributed by atoms with van der Waals surface area (Å²) in [5.41, 5.74) is 3.23. The quantitative estimate of drug-likeness (QED) is 0.588. The van der Waals surface area contributed by atoms with E-state index in [0.717, 1.165) is 5.69 Å². The lowest BCUT2D eigenvalue weighted by Gasteiger charge is -2.09. The SMILES string of the molecule is Cc1ccccc1Cn1ccc(NC(=S)Nc2ccc(Cl)c(Cl)c2)n1. The zero-order valence-electron chi connectivity index (χ0n) is 13.5. The molecule has 0 saturated carbocycles. The second-order valence-electron chi connectivity index (χ2n) is 5.53. The number of aryl methyl sites for hydroxylation is 1. The Bertz CT molecular complexity index is 908. The van der Waals surface area contributed by atoms with E-state index in [9.17, 15) is 0 Å². The van der Waals surface area contributed by atoms with Gasteiger partial charge in [0.05, 0.1) is 16.6 Å². The van der Waals surface area contributed by atoms with Gasteiger partial charge in [0.1, 0.15) is 0 Å². The molecular formula is C18H16Cl2N4S. The molecule has 0 radical (unpaired) electrons. The van der Waals surface area contributed by atoms with E-state index in [4.69, 9.17) is 35.4 Å². The van der Waals surface area contributed by atoms with Crippen LogP contribution in [0.2, 0.25) is 10.0 Å². The number of aromatic nitrogens is 2. The maximum Gasteiger partial charge on any atom is 0.176 e. The lowest BCUT2D eigenvalue weighted by molar-refractivity contribution is 0.687. The Labute approximate surface area is 161 Å². The molecule has 1 heterocycles. The Kier molecular flexibility index (Phi) is 5.58. The van der Waals surface area contributed by atoms with E-state index in [2.05, 4.69) is 34.8 Å². The Balaban J connectivity index is 1.61. The van der Waals surface area contributed by atoms with Crippen molar-refractivity contribution in [3.8, 4) is 0 Å². The van der Waals surface area contributed by atoms with Gasteiger partial charge in [-0.3, -0.25) is 4.68 Å². The molecule has 0 fully saturated rings. The van der Waals surface area contributed by atoms with Crippen molar-refractivity contribution >= 4 is 52.0 Å².